The standard InChI is InChI=1S/C7H14N2.C4H7N/c1-2-5-9-6-3-8-4-7-9;1-3-4-5-2/h2,5,8H,3-4,6-7H2,1H3;3-4H,1H2,2H3/b5-2+;. The number of hydrogen-bond acceptors (Lipinski definition) is 3. The molecule has 1 N–H and O–H groups in total. The van der Waals surface area contributed by atoms with Gasteiger partial charge in [0.15, 0.2) is 0 Å². The van der Waals surface area contributed by atoms with Crippen LogP contribution in [0.3, 0.4) is 0 Å². The molecular weight excluding hydrogens is 174 g/mol. The summed E-state index contributed by atoms with van der Waals surface area (Å²) in [5.74, 6) is 0. The van der Waals surface area contributed by atoms with E-state index in [1.807, 2.05) is 0 Å². The van der Waals surface area contributed by atoms with Crippen molar-refractivity contribution in [3.05, 3.63) is 24.9 Å². The highest BCUT2D eigenvalue weighted by molar-refractivity contribution is 5.69. The van der Waals surface area contributed by atoms with E-state index in [2.05, 4.69) is 41.0 Å². The van der Waals surface area contributed by atoms with E-state index in [1.165, 1.54) is 0 Å². The summed E-state index contributed by atoms with van der Waals surface area (Å²) in [5, 5.41) is 3.30. The van der Waals surface area contributed by atoms with E-state index in [-0.39, 0.29) is 0 Å². The van der Waals surface area contributed by atoms with E-state index in [0.29, 0.717) is 0 Å². The molecule has 0 bridgehead atoms. The third-order valence-corrected chi connectivity index (χ3v) is 1.77. The van der Waals surface area contributed by atoms with Gasteiger partial charge < -0.3 is 10.2 Å². The molecule has 80 valence electrons. The lowest BCUT2D eigenvalue weighted by Crippen LogP contribution is -2.40. The summed E-state index contributed by atoms with van der Waals surface area (Å²) >= 11 is 0. The first-order chi connectivity index (χ1) is 6.85. The van der Waals surface area contributed by atoms with Gasteiger partial charge in [0.05, 0.1) is 0 Å². The number of aliphatic imine (C=N–C) groups is 1. The van der Waals surface area contributed by atoms with Crippen molar-refractivity contribution >= 4 is 6.21 Å². The van der Waals surface area contributed by atoms with Crippen LogP contribution in [0.5, 0.6) is 0 Å². The number of hydrogen-bond donors (Lipinski definition) is 1. The van der Waals surface area contributed by atoms with Crippen molar-refractivity contribution in [3.8, 4) is 0 Å². The van der Waals surface area contributed by atoms with Gasteiger partial charge in [0.1, 0.15) is 0 Å². The van der Waals surface area contributed by atoms with E-state index < -0.39 is 0 Å². The molecule has 0 aromatic rings. The van der Waals surface area contributed by atoms with Crippen LogP contribution < -0.4 is 5.32 Å². The van der Waals surface area contributed by atoms with E-state index >= 15 is 0 Å². The summed E-state index contributed by atoms with van der Waals surface area (Å²) < 4.78 is 0. The molecule has 0 saturated carbocycles. The second-order valence-corrected chi connectivity index (χ2v) is 2.91. The highest BCUT2D eigenvalue weighted by Crippen LogP contribution is 1.91. The molecule has 0 spiro atoms. The van der Waals surface area contributed by atoms with Crippen molar-refractivity contribution in [3.63, 3.8) is 0 Å². The first-order valence-corrected chi connectivity index (χ1v) is 4.96. The Kier molecular flexibility index (Phi) is 9.22. The quantitative estimate of drug-likeness (QED) is 0.673. The second kappa shape index (κ2) is 9.99. The zero-order chi connectivity index (χ0) is 10.6. The SMILES string of the molecule is C/C=C/N1CCNCC1.C=CC=NC. The van der Waals surface area contributed by atoms with Gasteiger partial charge in [-0.25, -0.2) is 0 Å². The summed E-state index contributed by atoms with van der Waals surface area (Å²) in [7, 11) is 1.71. The lowest BCUT2D eigenvalue weighted by atomic mass is 10.4. The lowest BCUT2D eigenvalue weighted by molar-refractivity contribution is 0.324. The highest BCUT2D eigenvalue weighted by atomic mass is 15.2. The van der Waals surface area contributed by atoms with Crippen molar-refractivity contribution in [2.24, 2.45) is 4.99 Å². The molecule has 0 aliphatic carbocycles. The van der Waals surface area contributed by atoms with Crippen molar-refractivity contribution in [1.82, 2.24) is 10.2 Å². The summed E-state index contributed by atoms with van der Waals surface area (Å²) in [6.45, 7) is 10.0. The monoisotopic (exact) mass is 195 g/mol. The molecule has 3 nitrogen and oxygen atoms in total. The Bertz CT molecular complexity index is 179. The van der Waals surface area contributed by atoms with Gasteiger partial charge in [-0.05, 0) is 13.1 Å². The highest BCUT2D eigenvalue weighted by Gasteiger charge is 2.02. The molecule has 0 aromatic carbocycles. The minimum atomic E-state index is 1.13. The van der Waals surface area contributed by atoms with Gasteiger partial charge in [-0.3, -0.25) is 4.99 Å². The predicted molar refractivity (Wildman–Crippen MR) is 63.9 cm³/mol. The Morgan fingerprint density at radius 3 is 2.36 bits per heavy atom. The fourth-order valence-electron chi connectivity index (χ4n) is 1.15. The van der Waals surface area contributed by atoms with Gasteiger partial charge in [-0.2, -0.15) is 0 Å². The van der Waals surface area contributed by atoms with Crippen LogP contribution in [0.25, 0.3) is 0 Å². The maximum atomic E-state index is 3.61. The molecule has 1 aliphatic rings. The minimum Gasteiger partial charge on any atom is -0.375 e. The van der Waals surface area contributed by atoms with E-state index in [1.54, 1.807) is 19.3 Å². The van der Waals surface area contributed by atoms with Crippen molar-refractivity contribution in [2.75, 3.05) is 33.2 Å². The Hall–Kier alpha value is -1.09. The van der Waals surface area contributed by atoms with Gasteiger partial charge in [0, 0.05) is 39.4 Å². The number of nitrogens with one attached hydrogen (secondary N) is 1. The maximum absolute atomic E-state index is 3.61. The molecule has 0 unspecified atom stereocenters. The van der Waals surface area contributed by atoms with Crippen LogP contribution in [0.1, 0.15) is 6.92 Å². The van der Waals surface area contributed by atoms with Crippen LogP contribution in [-0.2, 0) is 0 Å². The summed E-state index contributed by atoms with van der Waals surface area (Å²) in [6, 6.07) is 0. The van der Waals surface area contributed by atoms with E-state index in [4.69, 9.17) is 0 Å². The minimum absolute atomic E-state index is 1.13. The topological polar surface area (TPSA) is 27.6 Å². The number of nitrogens with zero attached hydrogens (tertiary/aromatic N) is 2. The van der Waals surface area contributed by atoms with Crippen LogP contribution in [0.15, 0.2) is 29.9 Å². The van der Waals surface area contributed by atoms with Crippen molar-refractivity contribution in [2.45, 2.75) is 6.92 Å². The Balaban J connectivity index is 0.000000292. The third kappa shape index (κ3) is 7.55. The zero-order valence-corrected chi connectivity index (χ0v) is 9.24. The maximum Gasteiger partial charge on any atom is 0.0298 e. The second-order valence-electron chi connectivity index (χ2n) is 2.91. The number of piperazine rings is 1. The average molecular weight is 195 g/mol. The average Bonchev–Trinajstić information content (AvgIpc) is 2.22. The third-order valence-electron chi connectivity index (χ3n) is 1.77. The van der Waals surface area contributed by atoms with Crippen LogP contribution in [0, 0.1) is 0 Å². The summed E-state index contributed by atoms with van der Waals surface area (Å²) in [6.07, 6.45) is 7.52. The van der Waals surface area contributed by atoms with E-state index in [9.17, 15) is 0 Å². The number of rotatable bonds is 2. The van der Waals surface area contributed by atoms with Gasteiger partial charge in [0.2, 0.25) is 0 Å². The fourth-order valence-corrected chi connectivity index (χ4v) is 1.15. The lowest BCUT2D eigenvalue weighted by Gasteiger charge is -2.25. The van der Waals surface area contributed by atoms with E-state index in [0.717, 1.165) is 26.2 Å². The van der Waals surface area contributed by atoms with Gasteiger partial charge in [-0.1, -0.05) is 18.7 Å². The van der Waals surface area contributed by atoms with Gasteiger partial charge >= 0.3 is 0 Å². The Morgan fingerprint density at radius 1 is 1.36 bits per heavy atom. The first-order valence-electron chi connectivity index (χ1n) is 4.96. The smallest absolute Gasteiger partial charge is 0.0298 e. The van der Waals surface area contributed by atoms with Crippen molar-refractivity contribution in [1.29, 1.82) is 0 Å². The molecule has 1 aliphatic heterocycles. The normalized spacial score (nSPS) is 16.9. The molecule has 3 heteroatoms. The summed E-state index contributed by atoms with van der Waals surface area (Å²) in [4.78, 5) is 5.94. The van der Waals surface area contributed by atoms with Crippen LogP contribution >= 0.6 is 0 Å². The number of allylic oxidation sites excluding steroid dienone is 2. The molecule has 1 rings (SSSR count). The zero-order valence-electron chi connectivity index (χ0n) is 9.24. The predicted octanol–water partition coefficient (Wildman–Crippen LogP) is 1.30. The fraction of sp³-hybridized carbons (Fsp3) is 0.545. The largest absolute Gasteiger partial charge is 0.375 e. The molecule has 0 aromatic heterocycles. The van der Waals surface area contributed by atoms with Gasteiger partial charge in [0.25, 0.3) is 0 Å². The first kappa shape index (κ1) is 12.9. The molecule has 1 saturated heterocycles. The molecule has 0 atom stereocenters. The molecule has 14 heavy (non-hydrogen) atoms. The molecular formula is C11H21N3. The van der Waals surface area contributed by atoms with Crippen LogP contribution in [0.2, 0.25) is 0 Å². The summed E-state index contributed by atoms with van der Waals surface area (Å²) in [5.41, 5.74) is 0. The molecule has 1 heterocycles. The van der Waals surface area contributed by atoms with Crippen LogP contribution in [0.4, 0.5) is 0 Å². The molecule has 0 radical (unpaired) electrons. The molecule has 0 amide bonds. The molecule has 1 fully saturated rings. The van der Waals surface area contributed by atoms with Gasteiger partial charge in [-0.15, -0.1) is 0 Å². The Morgan fingerprint density at radius 2 is 2.00 bits per heavy atom. The Labute approximate surface area is 87.2 Å². The van der Waals surface area contributed by atoms with Crippen molar-refractivity contribution < 1.29 is 0 Å². The van der Waals surface area contributed by atoms with Crippen LogP contribution in [-0.4, -0.2) is 44.3 Å².